The average molecular weight is 267 g/mol. The van der Waals surface area contributed by atoms with Gasteiger partial charge >= 0.3 is 5.97 Å². The number of nitrogens with one attached hydrogen (secondary N) is 1. The van der Waals surface area contributed by atoms with Crippen molar-refractivity contribution >= 4 is 5.97 Å². The van der Waals surface area contributed by atoms with Crippen LogP contribution in [0.25, 0.3) is 0 Å². The highest BCUT2D eigenvalue weighted by Crippen LogP contribution is 2.25. The van der Waals surface area contributed by atoms with Gasteiger partial charge in [0, 0.05) is 12.1 Å². The Hall–Kier alpha value is -1.75. The second kappa shape index (κ2) is 6.43. The van der Waals surface area contributed by atoms with E-state index in [9.17, 15) is 15.0 Å². The molecule has 0 radical (unpaired) electrons. The molecule has 0 fully saturated rings. The fourth-order valence-electron chi connectivity index (χ4n) is 1.89. The molecule has 3 N–H and O–H groups in total. The first-order chi connectivity index (χ1) is 8.85. The minimum Gasteiger partial charge on any atom is -0.508 e. The van der Waals surface area contributed by atoms with E-state index in [2.05, 4.69) is 5.32 Å². The average Bonchev–Trinajstić information content (AvgIpc) is 2.33. The molecule has 106 valence electrons. The molecule has 0 saturated carbocycles. The Morgan fingerprint density at radius 3 is 2.11 bits per heavy atom. The highest BCUT2D eigenvalue weighted by atomic mass is 16.5. The van der Waals surface area contributed by atoms with Gasteiger partial charge < -0.3 is 14.9 Å². The third-order valence-electron chi connectivity index (χ3n) is 2.98. The molecule has 1 aromatic rings. The van der Waals surface area contributed by atoms with E-state index in [0.29, 0.717) is 5.56 Å². The van der Waals surface area contributed by atoms with Gasteiger partial charge in [0.15, 0.2) is 0 Å². The van der Waals surface area contributed by atoms with Gasteiger partial charge in [-0.25, -0.2) is 0 Å². The molecular formula is C14H21NO4. The van der Waals surface area contributed by atoms with Crippen LogP contribution in [0.4, 0.5) is 0 Å². The van der Waals surface area contributed by atoms with Crippen molar-refractivity contribution in [1.29, 1.82) is 0 Å². The molecule has 5 heteroatoms. The van der Waals surface area contributed by atoms with Gasteiger partial charge in [0.2, 0.25) is 0 Å². The van der Waals surface area contributed by atoms with Crippen molar-refractivity contribution in [2.24, 2.45) is 5.92 Å². The largest absolute Gasteiger partial charge is 0.508 e. The molecule has 0 amide bonds. The van der Waals surface area contributed by atoms with E-state index < -0.39 is 6.04 Å². The standard InChI is InChI=1S/C14H21NO4/c1-8(2)13(14(18)19-4)15-9(3)10-5-11(16)7-12(17)6-10/h5-9,13,15-17H,1-4H3. The van der Waals surface area contributed by atoms with Crippen LogP contribution in [0.15, 0.2) is 18.2 Å². The van der Waals surface area contributed by atoms with E-state index in [4.69, 9.17) is 4.74 Å². The van der Waals surface area contributed by atoms with E-state index in [0.717, 1.165) is 0 Å². The fourth-order valence-corrected chi connectivity index (χ4v) is 1.89. The number of rotatable bonds is 5. The smallest absolute Gasteiger partial charge is 0.323 e. The molecule has 0 aliphatic carbocycles. The Morgan fingerprint density at radius 2 is 1.68 bits per heavy atom. The summed E-state index contributed by atoms with van der Waals surface area (Å²) in [6, 6.07) is 3.71. The number of methoxy groups -OCH3 is 1. The van der Waals surface area contributed by atoms with Crippen LogP contribution in [0.1, 0.15) is 32.4 Å². The summed E-state index contributed by atoms with van der Waals surface area (Å²) in [4.78, 5) is 11.7. The molecule has 2 unspecified atom stereocenters. The Balaban J connectivity index is 2.87. The lowest BCUT2D eigenvalue weighted by Gasteiger charge is -2.24. The van der Waals surface area contributed by atoms with Crippen LogP contribution in [0.5, 0.6) is 11.5 Å². The summed E-state index contributed by atoms with van der Waals surface area (Å²) < 4.78 is 4.76. The highest BCUT2D eigenvalue weighted by Gasteiger charge is 2.25. The maximum absolute atomic E-state index is 11.7. The Labute approximate surface area is 113 Å². The van der Waals surface area contributed by atoms with Crippen molar-refractivity contribution in [1.82, 2.24) is 5.32 Å². The number of hydrogen-bond donors (Lipinski definition) is 3. The normalized spacial score (nSPS) is 14.2. The molecule has 19 heavy (non-hydrogen) atoms. The van der Waals surface area contributed by atoms with Gasteiger partial charge in [0.1, 0.15) is 17.5 Å². The van der Waals surface area contributed by atoms with Crippen molar-refractivity contribution in [2.75, 3.05) is 7.11 Å². The van der Waals surface area contributed by atoms with Crippen molar-refractivity contribution in [3.05, 3.63) is 23.8 Å². The summed E-state index contributed by atoms with van der Waals surface area (Å²) in [5.41, 5.74) is 0.701. The molecule has 1 aromatic carbocycles. The topological polar surface area (TPSA) is 78.8 Å². The van der Waals surface area contributed by atoms with E-state index in [-0.39, 0.29) is 29.4 Å². The zero-order chi connectivity index (χ0) is 14.6. The summed E-state index contributed by atoms with van der Waals surface area (Å²) in [5, 5.41) is 22.1. The van der Waals surface area contributed by atoms with Crippen molar-refractivity contribution in [2.45, 2.75) is 32.9 Å². The lowest BCUT2D eigenvalue weighted by molar-refractivity contribution is -0.144. The van der Waals surface area contributed by atoms with Crippen molar-refractivity contribution in [3.63, 3.8) is 0 Å². The van der Waals surface area contributed by atoms with Gasteiger partial charge in [0.25, 0.3) is 0 Å². The molecule has 0 aliphatic heterocycles. The lowest BCUT2D eigenvalue weighted by atomic mass is 10.0. The summed E-state index contributed by atoms with van der Waals surface area (Å²) in [6.07, 6.45) is 0. The molecule has 2 atom stereocenters. The molecule has 0 heterocycles. The molecule has 0 aromatic heterocycles. The summed E-state index contributed by atoms with van der Waals surface area (Å²) in [7, 11) is 1.35. The predicted molar refractivity (Wildman–Crippen MR) is 72.0 cm³/mol. The van der Waals surface area contributed by atoms with E-state index in [1.807, 2.05) is 20.8 Å². The minimum absolute atomic E-state index is 0.0113. The van der Waals surface area contributed by atoms with Crippen LogP contribution in [0.3, 0.4) is 0 Å². The van der Waals surface area contributed by atoms with Crippen molar-refractivity contribution in [3.8, 4) is 11.5 Å². The second-order valence-electron chi connectivity index (χ2n) is 4.92. The summed E-state index contributed by atoms with van der Waals surface area (Å²) in [5.74, 6) is -0.280. The van der Waals surface area contributed by atoms with Gasteiger partial charge in [-0.15, -0.1) is 0 Å². The van der Waals surface area contributed by atoms with Gasteiger partial charge in [-0.1, -0.05) is 13.8 Å². The first-order valence-electron chi connectivity index (χ1n) is 6.22. The Morgan fingerprint density at radius 1 is 1.16 bits per heavy atom. The molecular weight excluding hydrogens is 246 g/mol. The number of ether oxygens (including phenoxy) is 1. The number of carbonyl (C=O) groups is 1. The van der Waals surface area contributed by atoms with E-state index >= 15 is 0 Å². The zero-order valence-electron chi connectivity index (χ0n) is 11.7. The highest BCUT2D eigenvalue weighted by molar-refractivity contribution is 5.76. The number of aromatic hydroxyl groups is 2. The molecule has 5 nitrogen and oxygen atoms in total. The lowest BCUT2D eigenvalue weighted by Crippen LogP contribution is -2.42. The first-order valence-corrected chi connectivity index (χ1v) is 6.22. The Bertz CT molecular complexity index is 425. The van der Waals surface area contributed by atoms with Crippen LogP contribution >= 0.6 is 0 Å². The quantitative estimate of drug-likeness (QED) is 0.711. The maximum Gasteiger partial charge on any atom is 0.323 e. The molecule has 0 spiro atoms. The van der Waals surface area contributed by atoms with Crippen LogP contribution in [0.2, 0.25) is 0 Å². The molecule has 0 bridgehead atoms. The van der Waals surface area contributed by atoms with E-state index in [1.165, 1.54) is 13.2 Å². The Kier molecular flexibility index (Phi) is 5.18. The van der Waals surface area contributed by atoms with Gasteiger partial charge in [-0.2, -0.15) is 0 Å². The van der Waals surface area contributed by atoms with Crippen LogP contribution in [0, 0.1) is 5.92 Å². The number of carbonyl (C=O) groups excluding carboxylic acids is 1. The first kappa shape index (κ1) is 15.3. The number of phenolic OH excluding ortho intramolecular Hbond substituents is 2. The number of benzene rings is 1. The van der Waals surface area contributed by atoms with Crippen LogP contribution < -0.4 is 5.32 Å². The number of esters is 1. The van der Waals surface area contributed by atoms with Crippen LogP contribution in [-0.2, 0) is 9.53 Å². The fraction of sp³-hybridized carbons (Fsp3) is 0.500. The van der Waals surface area contributed by atoms with E-state index in [1.54, 1.807) is 12.1 Å². The maximum atomic E-state index is 11.7. The zero-order valence-corrected chi connectivity index (χ0v) is 11.7. The van der Waals surface area contributed by atoms with Gasteiger partial charge in [-0.3, -0.25) is 10.1 Å². The second-order valence-corrected chi connectivity index (χ2v) is 4.92. The summed E-state index contributed by atoms with van der Waals surface area (Å²) >= 11 is 0. The summed E-state index contributed by atoms with van der Waals surface area (Å²) in [6.45, 7) is 5.69. The third-order valence-corrected chi connectivity index (χ3v) is 2.98. The number of hydrogen-bond acceptors (Lipinski definition) is 5. The molecule has 1 rings (SSSR count). The SMILES string of the molecule is COC(=O)C(NC(C)c1cc(O)cc(O)c1)C(C)C. The molecule has 0 aliphatic rings. The van der Waals surface area contributed by atoms with Gasteiger partial charge in [-0.05, 0) is 30.5 Å². The van der Waals surface area contributed by atoms with Gasteiger partial charge in [0.05, 0.1) is 7.11 Å². The minimum atomic E-state index is -0.440. The predicted octanol–water partition coefficient (Wildman–Crippen LogP) is 1.95. The molecule has 0 saturated heterocycles. The monoisotopic (exact) mass is 267 g/mol. The van der Waals surface area contributed by atoms with Crippen LogP contribution in [-0.4, -0.2) is 29.3 Å². The number of phenols is 2. The van der Waals surface area contributed by atoms with Crippen molar-refractivity contribution < 1.29 is 19.7 Å². The third kappa shape index (κ3) is 4.13.